The van der Waals surface area contributed by atoms with E-state index in [4.69, 9.17) is 0 Å². The second kappa shape index (κ2) is 7.21. The third-order valence-corrected chi connectivity index (χ3v) is 8.68. The highest BCUT2D eigenvalue weighted by atomic mass is 32.2. The minimum Gasteiger partial charge on any atom is -0.321 e. The van der Waals surface area contributed by atoms with Crippen molar-refractivity contribution in [1.82, 2.24) is 13.7 Å². The Morgan fingerprint density at radius 2 is 1.97 bits per heavy atom. The molecule has 150 valence electrons. The van der Waals surface area contributed by atoms with Gasteiger partial charge in [-0.05, 0) is 37.1 Å². The minimum absolute atomic E-state index is 0.208. The van der Waals surface area contributed by atoms with Gasteiger partial charge in [-0.25, -0.2) is 13.4 Å². The molecule has 1 amide bonds. The van der Waals surface area contributed by atoms with Crippen molar-refractivity contribution < 1.29 is 13.2 Å². The van der Waals surface area contributed by atoms with Crippen LogP contribution < -0.4 is 5.32 Å². The number of thiophene rings is 1. The van der Waals surface area contributed by atoms with E-state index in [9.17, 15) is 13.2 Å². The van der Waals surface area contributed by atoms with Crippen molar-refractivity contribution in [3.05, 3.63) is 46.8 Å². The molecule has 5 rings (SSSR count). The van der Waals surface area contributed by atoms with Crippen LogP contribution in [0.1, 0.15) is 28.9 Å². The van der Waals surface area contributed by atoms with Crippen LogP contribution in [-0.4, -0.2) is 41.1 Å². The summed E-state index contributed by atoms with van der Waals surface area (Å²) in [7, 11) is -3.54. The van der Waals surface area contributed by atoms with Crippen molar-refractivity contribution >= 4 is 59.6 Å². The first-order valence-electron chi connectivity index (χ1n) is 9.29. The van der Waals surface area contributed by atoms with Gasteiger partial charge in [0.25, 0.3) is 5.91 Å². The van der Waals surface area contributed by atoms with Crippen LogP contribution in [-0.2, 0) is 10.0 Å². The van der Waals surface area contributed by atoms with E-state index >= 15 is 0 Å². The number of hydrogen-bond acceptors (Lipinski definition) is 6. The Balaban J connectivity index is 1.39. The summed E-state index contributed by atoms with van der Waals surface area (Å²) in [6.07, 6.45) is 4.75. The standard InChI is InChI=1S/C19H18N4O3S3/c24-17(16-12-15-18(28-16)21-19-23(15)9-10-27-19)20-13-5-4-6-14(11-13)29(25,26)22-7-2-1-3-8-22/h4-6,9-12H,1-3,7-8H2,(H,20,24). The van der Waals surface area contributed by atoms with E-state index in [1.807, 2.05) is 22.0 Å². The van der Waals surface area contributed by atoms with Crippen molar-refractivity contribution in [2.45, 2.75) is 24.2 Å². The third-order valence-electron chi connectivity index (χ3n) is 5.01. The van der Waals surface area contributed by atoms with Crippen LogP contribution in [0.4, 0.5) is 5.69 Å². The number of imidazole rings is 1. The van der Waals surface area contributed by atoms with E-state index in [2.05, 4.69) is 10.3 Å². The van der Waals surface area contributed by atoms with Crippen LogP contribution in [0, 0.1) is 0 Å². The molecular formula is C19H18N4O3S3. The number of thiazole rings is 1. The summed E-state index contributed by atoms with van der Waals surface area (Å²) in [4.78, 5) is 19.7. The molecule has 0 aliphatic carbocycles. The van der Waals surface area contributed by atoms with Gasteiger partial charge >= 0.3 is 0 Å². The van der Waals surface area contributed by atoms with E-state index in [0.29, 0.717) is 23.7 Å². The monoisotopic (exact) mass is 446 g/mol. The molecule has 0 saturated carbocycles. The molecule has 4 aromatic rings. The van der Waals surface area contributed by atoms with Crippen LogP contribution >= 0.6 is 22.7 Å². The van der Waals surface area contributed by atoms with Gasteiger partial charge in [0.1, 0.15) is 4.83 Å². The Kier molecular flexibility index (Phi) is 4.66. The Morgan fingerprint density at radius 3 is 2.79 bits per heavy atom. The number of benzene rings is 1. The number of piperidine rings is 1. The van der Waals surface area contributed by atoms with E-state index in [1.54, 1.807) is 29.5 Å². The Morgan fingerprint density at radius 1 is 1.14 bits per heavy atom. The molecule has 0 spiro atoms. The Labute approximate surface area is 175 Å². The zero-order valence-corrected chi connectivity index (χ0v) is 17.8. The molecule has 1 saturated heterocycles. The van der Waals surface area contributed by atoms with E-state index in [0.717, 1.165) is 34.6 Å². The number of amides is 1. The smallest absolute Gasteiger partial charge is 0.265 e. The summed E-state index contributed by atoms with van der Waals surface area (Å²) < 4.78 is 29.2. The highest BCUT2D eigenvalue weighted by molar-refractivity contribution is 7.89. The second-order valence-corrected chi connectivity index (χ2v) is 10.8. The largest absolute Gasteiger partial charge is 0.321 e. The molecule has 1 aromatic carbocycles. The lowest BCUT2D eigenvalue weighted by atomic mass is 10.2. The first-order chi connectivity index (χ1) is 14.0. The summed E-state index contributed by atoms with van der Waals surface area (Å²) in [5.74, 6) is -0.274. The van der Waals surface area contributed by atoms with Crippen molar-refractivity contribution in [3.63, 3.8) is 0 Å². The maximum absolute atomic E-state index is 12.9. The van der Waals surface area contributed by atoms with Gasteiger partial charge in [-0.1, -0.05) is 12.5 Å². The molecule has 0 atom stereocenters. The predicted octanol–water partition coefficient (Wildman–Crippen LogP) is 4.04. The van der Waals surface area contributed by atoms with Gasteiger partial charge in [-0.2, -0.15) is 4.31 Å². The number of hydrogen-bond donors (Lipinski definition) is 1. The molecule has 3 aromatic heterocycles. The molecule has 1 aliphatic rings. The van der Waals surface area contributed by atoms with Crippen molar-refractivity contribution in [3.8, 4) is 0 Å². The van der Waals surface area contributed by atoms with Gasteiger partial charge in [0.05, 0.1) is 15.3 Å². The van der Waals surface area contributed by atoms with E-state index in [1.165, 1.54) is 21.7 Å². The van der Waals surface area contributed by atoms with Crippen LogP contribution in [0.15, 0.2) is 46.8 Å². The average Bonchev–Trinajstić information content (AvgIpc) is 3.41. The lowest BCUT2D eigenvalue weighted by Gasteiger charge is -2.26. The summed E-state index contributed by atoms with van der Waals surface area (Å²) in [6, 6.07) is 8.27. The number of carbonyl (C=O) groups is 1. The molecule has 0 radical (unpaired) electrons. The number of sulfonamides is 1. The number of carbonyl (C=O) groups excluding carboxylic acids is 1. The lowest BCUT2D eigenvalue weighted by Crippen LogP contribution is -2.35. The normalized spacial score (nSPS) is 15.9. The number of fused-ring (bicyclic) bond motifs is 3. The van der Waals surface area contributed by atoms with E-state index < -0.39 is 10.0 Å². The second-order valence-electron chi connectivity index (χ2n) is 6.92. The summed E-state index contributed by atoms with van der Waals surface area (Å²) in [5, 5.41) is 4.77. The fraction of sp³-hybridized carbons (Fsp3) is 0.263. The molecular weight excluding hydrogens is 428 g/mol. The molecule has 1 aliphatic heterocycles. The quantitative estimate of drug-likeness (QED) is 0.513. The van der Waals surface area contributed by atoms with E-state index in [-0.39, 0.29) is 10.8 Å². The summed E-state index contributed by atoms with van der Waals surface area (Å²) in [6.45, 7) is 1.09. The molecule has 0 unspecified atom stereocenters. The number of aromatic nitrogens is 2. The van der Waals surface area contributed by atoms with Crippen molar-refractivity contribution in [1.29, 1.82) is 0 Å². The molecule has 0 bridgehead atoms. The van der Waals surface area contributed by atoms with Gasteiger partial charge in [-0.3, -0.25) is 9.20 Å². The summed E-state index contributed by atoms with van der Waals surface area (Å²) >= 11 is 2.87. The Hall–Kier alpha value is -2.27. The van der Waals surface area contributed by atoms with Gasteiger partial charge in [0.15, 0.2) is 4.96 Å². The van der Waals surface area contributed by atoms with Crippen molar-refractivity contribution in [2.24, 2.45) is 0 Å². The molecule has 7 nitrogen and oxygen atoms in total. The maximum Gasteiger partial charge on any atom is 0.265 e. The molecule has 1 N–H and O–H groups in total. The summed E-state index contributed by atoms with van der Waals surface area (Å²) in [5.41, 5.74) is 1.36. The number of rotatable bonds is 4. The van der Waals surface area contributed by atoms with Gasteiger partial charge in [0, 0.05) is 30.4 Å². The topological polar surface area (TPSA) is 83.8 Å². The van der Waals surface area contributed by atoms with Crippen LogP contribution in [0.2, 0.25) is 0 Å². The fourth-order valence-corrected chi connectivity index (χ4v) is 6.80. The van der Waals surface area contributed by atoms with Gasteiger partial charge < -0.3 is 5.32 Å². The van der Waals surface area contributed by atoms with Crippen LogP contribution in [0.25, 0.3) is 15.3 Å². The first kappa shape index (κ1) is 18.7. The zero-order chi connectivity index (χ0) is 20.0. The van der Waals surface area contributed by atoms with Gasteiger partial charge in [-0.15, -0.1) is 22.7 Å². The number of nitrogens with one attached hydrogen (secondary N) is 1. The minimum atomic E-state index is -3.54. The SMILES string of the molecule is O=C(Nc1cccc(S(=O)(=O)N2CCCCC2)c1)c1cc2c(nc3sccn32)s1. The molecule has 1 fully saturated rings. The average molecular weight is 447 g/mol. The highest BCUT2D eigenvalue weighted by Gasteiger charge is 2.26. The zero-order valence-electron chi connectivity index (χ0n) is 15.4. The van der Waals surface area contributed by atoms with Crippen molar-refractivity contribution in [2.75, 3.05) is 18.4 Å². The molecule has 4 heterocycles. The Bertz CT molecular complexity index is 1310. The molecule has 29 heavy (non-hydrogen) atoms. The fourth-order valence-electron chi connectivity index (χ4n) is 3.54. The lowest BCUT2D eigenvalue weighted by molar-refractivity contribution is 0.103. The maximum atomic E-state index is 12.9. The van der Waals surface area contributed by atoms with Crippen LogP contribution in [0.5, 0.6) is 0 Å². The van der Waals surface area contributed by atoms with Crippen LogP contribution in [0.3, 0.4) is 0 Å². The number of anilines is 1. The first-order valence-corrected chi connectivity index (χ1v) is 12.4. The predicted molar refractivity (Wildman–Crippen MR) is 115 cm³/mol. The number of nitrogens with zero attached hydrogens (tertiary/aromatic N) is 3. The molecule has 10 heteroatoms. The van der Waals surface area contributed by atoms with Gasteiger partial charge in [0.2, 0.25) is 10.0 Å². The highest BCUT2D eigenvalue weighted by Crippen LogP contribution is 2.29. The third kappa shape index (κ3) is 3.35.